The topological polar surface area (TPSA) is 15.3 Å². The summed E-state index contributed by atoms with van der Waals surface area (Å²) >= 11 is 18.6. The number of nitrogens with one attached hydrogen (secondary N) is 1. The molecule has 2 aromatic rings. The van der Waals surface area contributed by atoms with Gasteiger partial charge in [-0.2, -0.15) is 0 Å². The van der Waals surface area contributed by atoms with E-state index >= 15 is 0 Å². The molecule has 2 aromatic carbocycles. The van der Waals surface area contributed by atoms with Gasteiger partial charge in [0.1, 0.15) is 0 Å². The van der Waals surface area contributed by atoms with Gasteiger partial charge in [0.15, 0.2) is 0 Å². The van der Waals surface area contributed by atoms with Crippen molar-refractivity contribution < 1.29 is 0 Å². The summed E-state index contributed by atoms with van der Waals surface area (Å²) in [6.07, 6.45) is 0. The number of halogens is 3. The molecule has 0 saturated carbocycles. The van der Waals surface area contributed by atoms with Crippen molar-refractivity contribution in [3.63, 3.8) is 0 Å². The van der Waals surface area contributed by atoms with Gasteiger partial charge in [-0.3, -0.25) is 0 Å². The highest BCUT2D eigenvalue weighted by Crippen LogP contribution is 2.33. The van der Waals surface area contributed by atoms with Crippen LogP contribution in [0.25, 0.3) is 0 Å². The van der Waals surface area contributed by atoms with Crippen LogP contribution in [0.2, 0.25) is 15.1 Å². The Balaban J connectivity index is 2.26. The zero-order chi connectivity index (χ0) is 14.7. The van der Waals surface area contributed by atoms with Crippen LogP contribution in [0, 0.1) is 0 Å². The summed E-state index contributed by atoms with van der Waals surface area (Å²) in [6.45, 7) is 0.541. The molecule has 2 nitrogen and oxygen atoms in total. The van der Waals surface area contributed by atoms with Crippen molar-refractivity contribution in [1.82, 2.24) is 0 Å². The largest absolute Gasteiger partial charge is 0.379 e. The average molecular weight is 330 g/mol. The van der Waals surface area contributed by atoms with Crippen molar-refractivity contribution in [3.8, 4) is 0 Å². The number of rotatable bonds is 4. The van der Waals surface area contributed by atoms with Crippen LogP contribution < -0.4 is 10.2 Å². The van der Waals surface area contributed by atoms with Gasteiger partial charge in [-0.05, 0) is 24.3 Å². The van der Waals surface area contributed by atoms with Crippen LogP contribution in [0.4, 0.5) is 11.4 Å². The second kappa shape index (κ2) is 6.57. The van der Waals surface area contributed by atoms with Crippen LogP contribution in [0.15, 0.2) is 36.4 Å². The molecule has 0 unspecified atom stereocenters. The van der Waals surface area contributed by atoms with Crippen LogP contribution >= 0.6 is 34.8 Å². The quantitative estimate of drug-likeness (QED) is 0.816. The highest BCUT2D eigenvalue weighted by Gasteiger charge is 2.10. The Morgan fingerprint density at radius 1 is 0.900 bits per heavy atom. The van der Waals surface area contributed by atoms with E-state index in [9.17, 15) is 0 Å². The molecule has 0 saturated heterocycles. The van der Waals surface area contributed by atoms with Crippen molar-refractivity contribution in [3.05, 3.63) is 57.0 Å². The van der Waals surface area contributed by atoms with Crippen LogP contribution in [-0.2, 0) is 6.54 Å². The molecule has 0 radical (unpaired) electrons. The summed E-state index contributed by atoms with van der Waals surface area (Å²) in [5, 5.41) is 5.34. The molecule has 0 fully saturated rings. The third-order valence-corrected chi connectivity index (χ3v) is 3.96. The highest BCUT2D eigenvalue weighted by atomic mass is 35.5. The Kier molecular flexibility index (Phi) is 5.03. The number of hydrogen-bond donors (Lipinski definition) is 1. The molecular weight excluding hydrogens is 315 g/mol. The standard InChI is InChI=1S/C15H15Cl3N2/c1-20(2)15-13(18)7-4-8-14(15)19-9-10-11(16)5-3-6-12(10)17/h3-8,19H,9H2,1-2H3. The molecule has 0 amide bonds. The van der Waals surface area contributed by atoms with Gasteiger partial charge in [-0.1, -0.05) is 46.9 Å². The van der Waals surface area contributed by atoms with Crippen LogP contribution in [-0.4, -0.2) is 14.1 Å². The van der Waals surface area contributed by atoms with Crippen molar-refractivity contribution in [2.75, 3.05) is 24.3 Å². The lowest BCUT2D eigenvalue weighted by Crippen LogP contribution is -2.13. The minimum absolute atomic E-state index is 0.541. The van der Waals surface area contributed by atoms with Crippen LogP contribution in [0.5, 0.6) is 0 Å². The monoisotopic (exact) mass is 328 g/mol. The number of nitrogens with zero attached hydrogens (tertiary/aromatic N) is 1. The Labute approximate surface area is 134 Å². The molecule has 0 atom stereocenters. The molecule has 0 heterocycles. The Morgan fingerprint density at radius 2 is 1.45 bits per heavy atom. The first-order valence-electron chi connectivity index (χ1n) is 6.13. The predicted molar refractivity (Wildman–Crippen MR) is 89.6 cm³/mol. The predicted octanol–water partition coefficient (Wildman–Crippen LogP) is 5.32. The Hall–Kier alpha value is -1.09. The van der Waals surface area contributed by atoms with E-state index in [1.807, 2.05) is 55.4 Å². The molecule has 0 aliphatic carbocycles. The Morgan fingerprint density at radius 3 is 2.05 bits per heavy atom. The lowest BCUT2D eigenvalue weighted by atomic mass is 10.2. The maximum atomic E-state index is 6.23. The van der Waals surface area contributed by atoms with Gasteiger partial charge >= 0.3 is 0 Å². The molecule has 0 aliphatic heterocycles. The van der Waals surface area contributed by atoms with Gasteiger partial charge in [0.2, 0.25) is 0 Å². The van der Waals surface area contributed by atoms with Gasteiger partial charge in [-0.25, -0.2) is 0 Å². The van der Waals surface area contributed by atoms with Crippen molar-refractivity contribution in [1.29, 1.82) is 0 Å². The van der Waals surface area contributed by atoms with Crippen LogP contribution in [0.1, 0.15) is 5.56 Å². The first kappa shape index (κ1) is 15.3. The van der Waals surface area contributed by atoms with Gasteiger partial charge in [0.05, 0.1) is 16.4 Å². The lowest BCUT2D eigenvalue weighted by Gasteiger charge is -2.20. The summed E-state index contributed by atoms with van der Waals surface area (Å²) in [6, 6.07) is 11.2. The molecule has 0 bridgehead atoms. The summed E-state index contributed by atoms with van der Waals surface area (Å²) in [4.78, 5) is 1.97. The first-order chi connectivity index (χ1) is 9.50. The lowest BCUT2D eigenvalue weighted by molar-refractivity contribution is 1.10. The smallest absolute Gasteiger partial charge is 0.0786 e. The maximum Gasteiger partial charge on any atom is 0.0786 e. The minimum Gasteiger partial charge on any atom is -0.379 e. The first-order valence-corrected chi connectivity index (χ1v) is 7.26. The molecule has 0 aliphatic rings. The fraction of sp³-hybridized carbons (Fsp3) is 0.200. The molecule has 5 heteroatoms. The second-order valence-electron chi connectivity index (χ2n) is 4.58. The fourth-order valence-electron chi connectivity index (χ4n) is 2.00. The summed E-state index contributed by atoms with van der Waals surface area (Å²) in [5.41, 5.74) is 2.76. The zero-order valence-corrected chi connectivity index (χ0v) is 13.5. The van der Waals surface area contributed by atoms with E-state index in [0.29, 0.717) is 21.6 Å². The molecule has 0 spiro atoms. The van der Waals surface area contributed by atoms with Gasteiger partial charge in [-0.15, -0.1) is 0 Å². The number of anilines is 2. The van der Waals surface area contributed by atoms with Crippen LogP contribution in [0.3, 0.4) is 0 Å². The molecular formula is C15H15Cl3N2. The minimum atomic E-state index is 0.541. The number of benzene rings is 2. The summed E-state index contributed by atoms with van der Waals surface area (Å²) in [7, 11) is 3.91. The Bertz CT molecular complexity index is 592. The molecule has 0 aromatic heterocycles. The SMILES string of the molecule is CN(C)c1c(Cl)cccc1NCc1c(Cl)cccc1Cl. The highest BCUT2D eigenvalue weighted by molar-refractivity contribution is 6.36. The van der Waals surface area contributed by atoms with Gasteiger partial charge in [0.25, 0.3) is 0 Å². The van der Waals surface area contributed by atoms with Gasteiger partial charge in [0, 0.05) is 36.2 Å². The normalized spacial score (nSPS) is 10.4. The van der Waals surface area contributed by atoms with Gasteiger partial charge < -0.3 is 10.2 Å². The van der Waals surface area contributed by atoms with E-state index < -0.39 is 0 Å². The third kappa shape index (κ3) is 3.32. The maximum absolute atomic E-state index is 6.23. The second-order valence-corrected chi connectivity index (χ2v) is 5.81. The third-order valence-electron chi connectivity index (χ3n) is 2.95. The summed E-state index contributed by atoms with van der Waals surface area (Å²) < 4.78 is 0. The van der Waals surface area contributed by atoms with E-state index in [1.54, 1.807) is 0 Å². The van der Waals surface area contributed by atoms with Crippen molar-refractivity contribution >= 4 is 46.2 Å². The zero-order valence-electron chi connectivity index (χ0n) is 11.3. The molecule has 1 N–H and O–H groups in total. The average Bonchev–Trinajstić information content (AvgIpc) is 2.37. The van der Waals surface area contributed by atoms with E-state index in [0.717, 1.165) is 16.9 Å². The number of hydrogen-bond acceptors (Lipinski definition) is 2. The summed E-state index contributed by atoms with van der Waals surface area (Å²) in [5.74, 6) is 0. The molecule has 2 rings (SSSR count). The van der Waals surface area contributed by atoms with E-state index in [4.69, 9.17) is 34.8 Å². The fourth-order valence-corrected chi connectivity index (χ4v) is 2.87. The van der Waals surface area contributed by atoms with Crippen molar-refractivity contribution in [2.45, 2.75) is 6.54 Å². The van der Waals surface area contributed by atoms with E-state index in [-0.39, 0.29) is 0 Å². The van der Waals surface area contributed by atoms with E-state index in [2.05, 4.69) is 5.32 Å². The van der Waals surface area contributed by atoms with E-state index in [1.165, 1.54) is 0 Å². The number of para-hydroxylation sites is 1. The molecule has 106 valence electrons. The molecule has 20 heavy (non-hydrogen) atoms. The van der Waals surface area contributed by atoms with Crippen molar-refractivity contribution in [2.24, 2.45) is 0 Å².